The molecule has 0 heterocycles. The van der Waals surface area contributed by atoms with Crippen LogP contribution in [0.1, 0.15) is 406 Å². The standard InChI is InChI=1S/C73H141NO5/c1-3-5-7-9-11-13-15-17-18-19-36-39-42-45-49-53-57-61-65-71(76)70(69-75)74-72(77)66-62-58-54-50-46-43-40-37-34-32-30-28-26-24-22-20-21-23-25-27-29-31-33-35-38-41-44-48-52-56-60-64-68-79-73(78)67-63-59-55-51-47-16-14-12-10-8-6-4-2/h12,14,23,25,70-71,75-76H,3-11,13,15-22,24,26-69H2,1-2H3,(H,74,77)/b14-12-,25-23-. The first-order chi connectivity index (χ1) is 39.0. The summed E-state index contributed by atoms with van der Waals surface area (Å²) in [6.45, 7) is 4.96. The van der Waals surface area contributed by atoms with Crippen LogP contribution in [0.25, 0.3) is 0 Å². The average Bonchev–Trinajstić information content (AvgIpc) is 3.45. The highest BCUT2D eigenvalue weighted by Crippen LogP contribution is 2.19. The van der Waals surface area contributed by atoms with Gasteiger partial charge in [-0.05, 0) is 77.0 Å². The molecule has 0 rings (SSSR count). The molecule has 0 spiro atoms. The van der Waals surface area contributed by atoms with E-state index in [1.54, 1.807) is 0 Å². The molecule has 2 unspecified atom stereocenters. The van der Waals surface area contributed by atoms with Gasteiger partial charge in [0.05, 0.1) is 25.4 Å². The number of nitrogens with one attached hydrogen (secondary N) is 1. The third-order valence-corrected chi connectivity index (χ3v) is 17.0. The number of rotatable bonds is 68. The number of esters is 1. The summed E-state index contributed by atoms with van der Waals surface area (Å²) < 4.78 is 5.47. The van der Waals surface area contributed by atoms with Gasteiger partial charge in [0.25, 0.3) is 0 Å². The predicted molar refractivity (Wildman–Crippen MR) is 347 cm³/mol. The van der Waals surface area contributed by atoms with Crippen LogP contribution in [0, 0.1) is 0 Å². The van der Waals surface area contributed by atoms with Gasteiger partial charge in [0, 0.05) is 12.8 Å². The summed E-state index contributed by atoms with van der Waals surface area (Å²) in [6, 6.07) is -0.540. The zero-order chi connectivity index (χ0) is 57.1. The number of allylic oxidation sites excluding steroid dienone is 4. The molecule has 468 valence electrons. The van der Waals surface area contributed by atoms with Gasteiger partial charge in [-0.1, -0.05) is 340 Å². The number of ether oxygens (including phenoxy) is 1. The zero-order valence-electron chi connectivity index (χ0n) is 53.6. The maximum atomic E-state index is 12.5. The summed E-state index contributed by atoms with van der Waals surface area (Å²) >= 11 is 0. The molecular formula is C73H141NO5. The van der Waals surface area contributed by atoms with Crippen molar-refractivity contribution >= 4 is 11.9 Å². The van der Waals surface area contributed by atoms with E-state index in [-0.39, 0.29) is 18.5 Å². The molecule has 0 aliphatic rings. The molecule has 0 radical (unpaired) electrons. The highest BCUT2D eigenvalue weighted by molar-refractivity contribution is 5.76. The number of carbonyl (C=O) groups is 2. The molecule has 0 aliphatic heterocycles. The molecule has 0 aromatic heterocycles. The highest BCUT2D eigenvalue weighted by Gasteiger charge is 2.20. The monoisotopic (exact) mass is 1110 g/mol. The Morgan fingerprint density at radius 2 is 0.595 bits per heavy atom. The minimum absolute atomic E-state index is 0.00865. The maximum absolute atomic E-state index is 12.5. The summed E-state index contributed by atoms with van der Waals surface area (Å²) in [6.07, 6.45) is 86.7. The minimum atomic E-state index is -0.663. The van der Waals surface area contributed by atoms with Crippen LogP contribution < -0.4 is 5.32 Å². The van der Waals surface area contributed by atoms with Gasteiger partial charge >= 0.3 is 5.97 Å². The molecule has 2 atom stereocenters. The van der Waals surface area contributed by atoms with Crippen LogP contribution >= 0.6 is 0 Å². The van der Waals surface area contributed by atoms with Gasteiger partial charge < -0.3 is 20.3 Å². The van der Waals surface area contributed by atoms with E-state index in [1.807, 2.05) is 0 Å². The normalized spacial score (nSPS) is 12.6. The fraction of sp³-hybridized carbons (Fsp3) is 0.918. The molecule has 0 saturated heterocycles. The van der Waals surface area contributed by atoms with Crippen molar-refractivity contribution in [2.24, 2.45) is 0 Å². The Morgan fingerprint density at radius 3 is 0.924 bits per heavy atom. The number of aliphatic hydroxyl groups excluding tert-OH is 2. The van der Waals surface area contributed by atoms with Gasteiger partial charge in [-0.15, -0.1) is 0 Å². The van der Waals surface area contributed by atoms with E-state index in [0.29, 0.717) is 25.9 Å². The number of aliphatic hydroxyl groups is 2. The molecule has 0 bridgehead atoms. The molecule has 0 saturated carbocycles. The van der Waals surface area contributed by atoms with Crippen LogP contribution in [0.3, 0.4) is 0 Å². The first kappa shape index (κ1) is 77.3. The Morgan fingerprint density at radius 1 is 0.342 bits per heavy atom. The Labute approximate surface area is 494 Å². The number of carbonyl (C=O) groups excluding carboxylic acids is 2. The summed E-state index contributed by atoms with van der Waals surface area (Å²) in [7, 11) is 0. The quantitative estimate of drug-likeness (QED) is 0.0320. The van der Waals surface area contributed by atoms with Crippen LogP contribution in [0.5, 0.6) is 0 Å². The van der Waals surface area contributed by atoms with Crippen LogP contribution in [0.2, 0.25) is 0 Å². The highest BCUT2D eigenvalue weighted by atomic mass is 16.5. The number of amides is 1. The molecule has 6 heteroatoms. The van der Waals surface area contributed by atoms with E-state index in [0.717, 1.165) is 44.9 Å². The fourth-order valence-corrected chi connectivity index (χ4v) is 11.5. The molecule has 0 aromatic rings. The second-order valence-electron chi connectivity index (χ2n) is 24.9. The van der Waals surface area contributed by atoms with E-state index < -0.39 is 12.1 Å². The Balaban J connectivity index is 3.35. The number of hydrogen-bond donors (Lipinski definition) is 3. The predicted octanol–water partition coefficient (Wildman–Crippen LogP) is 23.3. The van der Waals surface area contributed by atoms with Gasteiger partial charge in [-0.25, -0.2) is 0 Å². The molecule has 1 amide bonds. The molecule has 0 fully saturated rings. The lowest BCUT2D eigenvalue weighted by Gasteiger charge is -2.22. The second-order valence-corrected chi connectivity index (χ2v) is 24.9. The lowest BCUT2D eigenvalue weighted by Crippen LogP contribution is -2.45. The van der Waals surface area contributed by atoms with Gasteiger partial charge in [0.1, 0.15) is 0 Å². The van der Waals surface area contributed by atoms with E-state index in [4.69, 9.17) is 4.74 Å². The fourth-order valence-electron chi connectivity index (χ4n) is 11.5. The Kier molecular flexibility index (Phi) is 67.4. The maximum Gasteiger partial charge on any atom is 0.305 e. The largest absolute Gasteiger partial charge is 0.466 e. The average molecular weight is 1110 g/mol. The summed E-state index contributed by atoms with van der Waals surface area (Å²) in [5, 5.41) is 23.4. The summed E-state index contributed by atoms with van der Waals surface area (Å²) in [5.41, 5.74) is 0. The summed E-state index contributed by atoms with van der Waals surface area (Å²) in [5.74, 6) is -0.0197. The van der Waals surface area contributed by atoms with Crippen LogP contribution in [0.15, 0.2) is 24.3 Å². The van der Waals surface area contributed by atoms with Gasteiger partial charge in [0.15, 0.2) is 0 Å². The SMILES string of the molecule is CCCCC/C=C\CCCCCCCC(=O)OCCCCCCCCCCCCCC/C=C\CCCCCCCCCCCCCCCCCCC(=O)NC(CO)C(O)CCCCCCCCCCCCCCCCCCCC. The van der Waals surface area contributed by atoms with Crippen molar-refractivity contribution in [1.82, 2.24) is 5.32 Å². The van der Waals surface area contributed by atoms with Crippen molar-refractivity contribution in [3.8, 4) is 0 Å². The van der Waals surface area contributed by atoms with Gasteiger partial charge in [0.2, 0.25) is 5.91 Å². The lowest BCUT2D eigenvalue weighted by molar-refractivity contribution is -0.143. The van der Waals surface area contributed by atoms with E-state index in [9.17, 15) is 19.8 Å². The van der Waals surface area contributed by atoms with E-state index in [2.05, 4.69) is 43.5 Å². The minimum Gasteiger partial charge on any atom is -0.466 e. The van der Waals surface area contributed by atoms with Crippen molar-refractivity contribution in [3.05, 3.63) is 24.3 Å². The molecule has 79 heavy (non-hydrogen) atoms. The van der Waals surface area contributed by atoms with Crippen LogP contribution in [-0.2, 0) is 14.3 Å². The van der Waals surface area contributed by atoms with Gasteiger partial charge in [-0.2, -0.15) is 0 Å². The first-order valence-corrected chi connectivity index (χ1v) is 36.1. The third-order valence-electron chi connectivity index (χ3n) is 17.0. The smallest absolute Gasteiger partial charge is 0.305 e. The van der Waals surface area contributed by atoms with Gasteiger partial charge in [-0.3, -0.25) is 9.59 Å². The number of unbranched alkanes of at least 4 members (excludes halogenated alkanes) is 53. The Hall–Kier alpha value is -1.66. The zero-order valence-corrected chi connectivity index (χ0v) is 53.6. The molecule has 0 aliphatic carbocycles. The molecule has 0 aromatic carbocycles. The topological polar surface area (TPSA) is 95.9 Å². The summed E-state index contributed by atoms with van der Waals surface area (Å²) in [4.78, 5) is 24.6. The van der Waals surface area contributed by atoms with Crippen molar-refractivity contribution in [3.63, 3.8) is 0 Å². The first-order valence-electron chi connectivity index (χ1n) is 36.1. The van der Waals surface area contributed by atoms with Crippen molar-refractivity contribution in [2.45, 2.75) is 418 Å². The molecular weight excluding hydrogens is 971 g/mol. The van der Waals surface area contributed by atoms with Crippen molar-refractivity contribution < 1.29 is 24.5 Å². The van der Waals surface area contributed by atoms with E-state index in [1.165, 1.54) is 327 Å². The number of hydrogen-bond acceptors (Lipinski definition) is 5. The van der Waals surface area contributed by atoms with Crippen molar-refractivity contribution in [2.75, 3.05) is 13.2 Å². The van der Waals surface area contributed by atoms with Crippen molar-refractivity contribution in [1.29, 1.82) is 0 Å². The van der Waals surface area contributed by atoms with Crippen LogP contribution in [0.4, 0.5) is 0 Å². The third kappa shape index (κ3) is 65.4. The molecule has 6 nitrogen and oxygen atoms in total. The van der Waals surface area contributed by atoms with E-state index >= 15 is 0 Å². The molecule has 3 N–H and O–H groups in total. The second kappa shape index (κ2) is 68.8. The lowest BCUT2D eigenvalue weighted by atomic mass is 10.0. The van der Waals surface area contributed by atoms with Crippen LogP contribution in [-0.4, -0.2) is 47.4 Å². The Bertz CT molecular complexity index is 1230.